The minimum absolute atomic E-state index is 0.0191. The summed E-state index contributed by atoms with van der Waals surface area (Å²) in [5.74, 6) is -1.57. The molecule has 9 heteroatoms. The number of anilines is 2. The van der Waals surface area contributed by atoms with Gasteiger partial charge in [-0.15, -0.1) is 0 Å². The van der Waals surface area contributed by atoms with Crippen molar-refractivity contribution in [2.75, 3.05) is 10.6 Å². The summed E-state index contributed by atoms with van der Waals surface area (Å²) in [5, 5.41) is 9.34. The van der Waals surface area contributed by atoms with Gasteiger partial charge < -0.3 is 21.7 Å². The van der Waals surface area contributed by atoms with Crippen molar-refractivity contribution < 1.29 is 18.8 Å². The summed E-state index contributed by atoms with van der Waals surface area (Å²) in [6.07, 6.45) is 0.839. The molecule has 3 amide bonds. The van der Waals surface area contributed by atoms with Crippen molar-refractivity contribution in [1.29, 1.82) is 0 Å². The molecular weight excluding hydrogens is 519 g/mol. The van der Waals surface area contributed by atoms with Gasteiger partial charge >= 0.3 is 0 Å². The Kier molecular flexibility index (Phi) is 6.73. The first-order valence-corrected chi connectivity index (χ1v) is 13.1. The second-order valence-corrected chi connectivity index (χ2v) is 11.9. The molecular formula is C30H30ClFN4O3. The van der Waals surface area contributed by atoms with E-state index in [1.165, 1.54) is 6.07 Å². The minimum Gasteiger partial charge on any atom is -0.366 e. The number of rotatable bonds is 5. The van der Waals surface area contributed by atoms with Crippen LogP contribution in [0, 0.1) is 11.2 Å². The number of nitrogens with two attached hydrogens (primary N) is 1. The Morgan fingerprint density at radius 1 is 1.13 bits per heavy atom. The zero-order valence-electron chi connectivity index (χ0n) is 21.9. The number of hydrogen-bond donors (Lipinski definition) is 4. The Morgan fingerprint density at radius 2 is 1.85 bits per heavy atom. The Bertz CT molecular complexity index is 1480. The van der Waals surface area contributed by atoms with Gasteiger partial charge in [-0.3, -0.25) is 14.4 Å². The van der Waals surface area contributed by atoms with E-state index in [-0.39, 0.29) is 34.7 Å². The van der Waals surface area contributed by atoms with Crippen LogP contribution in [-0.4, -0.2) is 29.8 Å². The number of nitrogens with one attached hydrogen (secondary N) is 3. The van der Waals surface area contributed by atoms with E-state index in [0.717, 1.165) is 5.56 Å². The van der Waals surface area contributed by atoms with Gasteiger partial charge in [-0.1, -0.05) is 50.6 Å². The van der Waals surface area contributed by atoms with E-state index in [2.05, 4.69) is 36.7 Å². The predicted octanol–water partition coefficient (Wildman–Crippen LogP) is 5.24. The maximum absolute atomic E-state index is 14.9. The number of carbonyl (C=O) groups excluding carboxylic acids is 3. The van der Waals surface area contributed by atoms with Gasteiger partial charge in [0.05, 0.1) is 16.5 Å². The second-order valence-electron chi connectivity index (χ2n) is 11.5. The summed E-state index contributed by atoms with van der Waals surface area (Å²) in [6.45, 7) is 6.25. The first kappa shape index (κ1) is 26.8. The third-order valence-corrected chi connectivity index (χ3v) is 7.80. The molecule has 5 N–H and O–H groups in total. The molecule has 1 spiro atoms. The lowest BCUT2D eigenvalue weighted by atomic mass is 9.69. The Hall–Kier alpha value is -3.75. The average molecular weight is 549 g/mol. The van der Waals surface area contributed by atoms with Gasteiger partial charge in [0, 0.05) is 28.5 Å². The number of carbonyl (C=O) groups is 3. The Labute approximate surface area is 231 Å². The van der Waals surface area contributed by atoms with Crippen molar-refractivity contribution in [3.63, 3.8) is 0 Å². The number of halogens is 2. The molecule has 5 rings (SSSR count). The highest BCUT2D eigenvalue weighted by atomic mass is 35.5. The van der Waals surface area contributed by atoms with Crippen molar-refractivity contribution in [2.45, 2.75) is 51.1 Å². The third-order valence-electron chi connectivity index (χ3n) is 7.51. The highest BCUT2D eigenvalue weighted by Gasteiger charge is 2.59. The molecule has 202 valence electrons. The molecule has 2 aliphatic rings. The van der Waals surface area contributed by atoms with Crippen LogP contribution in [0.5, 0.6) is 0 Å². The molecule has 2 aliphatic heterocycles. The SMILES string of the molecule is CC(C)(C)CC1NC(C(=O)Nc2ccc(C(N)=O)cc2)CC12C(=O)Nc1ccc(-c3cccc(Cl)c3F)cc12. The van der Waals surface area contributed by atoms with E-state index < -0.39 is 23.2 Å². The van der Waals surface area contributed by atoms with Crippen LogP contribution in [0.2, 0.25) is 5.02 Å². The largest absolute Gasteiger partial charge is 0.366 e. The zero-order valence-corrected chi connectivity index (χ0v) is 22.7. The maximum Gasteiger partial charge on any atom is 0.248 e. The van der Waals surface area contributed by atoms with Crippen molar-refractivity contribution in [3.05, 3.63) is 82.6 Å². The molecule has 0 radical (unpaired) electrons. The summed E-state index contributed by atoms with van der Waals surface area (Å²) in [4.78, 5) is 38.5. The lowest BCUT2D eigenvalue weighted by Gasteiger charge is -2.33. The fourth-order valence-corrected chi connectivity index (χ4v) is 5.87. The standard InChI is InChI=1S/C30H30ClFN4O3/c1-29(2,3)15-24-30(14-23(35-24)27(38)34-18-10-7-16(8-11-18)26(33)37)20-13-17(9-12-22(20)36-28(30)39)19-5-4-6-21(31)25(19)32/h4-13,23-24,35H,14-15H2,1-3H3,(H2,33,37)(H,34,38)(H,36,39). The highest BCUT2D eigenvalue weighted by Crippen LogP contribution is 2.50. The molecule has 1 saturated heterocycles. The van der Waals surface area contributed by atoms with E-state index in [0.29, 0.717) is 34.5 Å². The van der Waals surface area contributed by atoms with Crippen molar-refractivity contribution in [3.8, 4) is 11.1 Å². The quantitative estimate of drug-likeness (QED) is 0.349. The highest BCUT2D eigenvalue weighted by molar-refractivity contribution is 6.31. The Morgan fingerprint density at radius 3 is 2.51 bits per heavy atom. The lowest BCUT2D eigenvalue weighted by Crippen LogP contribution is -2.48. The van der Waals surface area contributed by atoms with Crippen LogP contribution in [0.1, 0.15) is 49.5 Å². The van der Waals surface area contributed by atoms with E-state index in [4.69, 9.17) is 17.3 Å². The lowest BCUT2D eigenvalue weighted by molar-refractivity contribution is -0.121. The van der Waals surface area contributed by atoms with Gasteiger partial charge in [0.15, 0.2) is 0 Å². The smallest absolute Gasteiger partial charge is 0.248 e. The fraction of sp³-hybridized carbons (Fsp3) is 0.300. The van der Waals surface area contributed by atoms with E-state index in [9.17, 15) is 18.8 Å². The minimum atomic E-state index is -1.04. The first-order chi connectivity index (χ1) is 18.4. The number of primary amides is 1. The van der Waals surface area contributed by atoms with Crippen LogP contribution in [0.3, 0.4) is 0 Å². The summed E-state index contributed by atoms with van der Waals surface area (Å²) in [5.41, 5.74) is 7.28. The number of amides is 3. The van der Waals surface area contributed by atoms with Crippen molar-refractivity contribution in [2.24, 2.45) is 11.1 Å². The summed E-state index contributed by atoms with van der Waals surface area (Å²) >= 11 is 6.05. The molecule has 0 bridgehead atoms. The molecule has 2 heterocycles. The normalized spacial score (nSPS) is 22.0. The summed E-state index contributed by atoms with van der Waals surface area (Å²) in [7, 11) is 0. The molecule has 3 atom stereocenters. The molecule has 0 aromatic heterocycles. The number of benzene rings is 3. The van der Waals surface area contributed by atoms with Gasteiger partial charge in [0.2, 0.25) is 17.7 Å². The van der Waals surface area contributed by atoms with Gasteiger partial charge in [-0.05, 0) is 71.8 Å². The Balaban J connectivity index is 1.52. The first-order valence-electron chi connectivity index (χ1n) is 12.8. The summed E-state index contributed by atoms with van der Waals surface area (Å²) < 4.78 is 14.9. The van der Waals surface area contributed by atoms with Crippen LogP contribution in [0.4, 0.5) is 15.8 Å². The van der Waals surface area contributed by atoms with Gasteiger partial charge in [0.25, 0.3) is 0 Å². The van der Waals surface area contributed by atoms with Crippen LogP contribution >= 0.6 is 11.6 Å². The summed E-state index contributed by atoms with van der Waals surface area (Å²) in [6, 6.07) is 15.5. The molecule has 1 fully saturated rings. The molecule has 3 aromatic rings. The van der Waals surface area contributed by atoms with Crippen LogP contribution < -0.4 is 21.7 Å². The molecule has 39 heavy (non-hydrogen) atoms. The van der Waals surface area contributed by atoms with Crippen LogP contribution in [-0.2, 0) is 15.0 Å². The topological polar surface area (TPSA) is 113 Å². The zero-order chi connectivity index (χ0) is 28.1. The van der Waals surface area contributed by atoms with Crippen LogP contribution in [0.25, 0.3) is 11.1 Å². The fourth-order valence-electron chi connectivity index (χ4n) is 5.69. The number of fused-ring (bicyclic) bond motifs is 2. The molecule has 3 unspecified atom stereocenters. The monoisotopic (exact) mass is 548 g/mol. The van der Waals surface area contributed by atoms with Crippen molar-refractivity contribution >= 4 is 40.7 Å². The van der Waals surface area contributed by atoms with E-state index in [1.807, 2.05) is 6.07 Å². The molecule has 3 aromatic carbocycles. The van der Waals surface area contributed by atoms with Crippen LogP contribution in [0.15, 0.2) is 60.7 Å². The van der Waals surface area contributed by atoms with Gasteiger partial charge in [0.1, 0.15) is 5.82 Å². The average Bonchev–Trinajstić information content (AvgIpc) is 3.38. The molecule has 0 saturated carbocycles. The second kappa shape index (κ2) is 9.77. The van der Waals surface area contributed by atoms with Gasteiger partial charge in [-0.25, -0.2) is 4.39 Å². The number of hydrogen-bond acceptors (Lipinski definition) is 4. The third kappa shape index (κ3) is 4.90. The van der Waals surface area contributed by atoms with Crippen molar-refractivity contribution in [1.82, 2.24) is 5.32 Å². The molecule has 7 nitrogen and oxygen atoms in total. The predicted molar refractivity (Wildman–Crippen MR) is 150 cm³/mol. The maximum atomic E-state index is 14.9. The van der Waals surface area contributed by atoms with Gasteiger partial charge in [-0.2, -0.15) is 0 Å². The molecule has 0 aliphatic carbocycles. The van der Waals surface area contributed by atoms with E-state index in [1.54, 1.807) is 48.5 Å². The van der Waals surface area contributed by atoms with E-state index >= 15 is 0 Å².